The van der Waals surface area contributed by atoms with Crippen LogP contribution in [0.3, 0.4) is 0 Å². The molecule has 2 heterocycles. The van der Waals surface area contributed by atoms with Crippen LogP contribution in [0.1, 0.15) is 24.2 Å². The molecule has 0 atom stereocenters. The molecule has 0 bridgehead atoms. The summed E-state index contributed by atoms with van der Waals surface area (Å²) in [5.74, 6) is 1.40. The van der Waals surface area contributed by atoms with Gasteiger partial charge in [-0.1, -0.05) is 12.1 Å². The van der Waals surface area contributed by atoms with Crippen LogP contribution in [0.25, 0.3) is 11.1 Å². The predicted molar refractivity (Wildman–Crippen MR) is 126 cm³/mol. The summed E-state index contributed by atoms with van der Waals surface area (Å²) >= 11 is 0. The standard InChI is InChI=1S/C25H29N5O2/c1-18(2)29-12-14-30(15-13-29)24(31)20-4-8-22(9-5-20)28-25-26-16-21(17-27-25)19-6-10-23(32-3)11-7-19/h4-11,16-18H,12-15H2,1-3H3,(H,26,27,28). The quantitative estimate of drug-likeness (QED) is 0.635. The second kappa shape index (κ2) is 9.78. The lowest BCUT2D eigenvalue weighted by molar-refractivity contribution is 0.0595. The summed E-state index contributed by atoms with van der Waals surface area (Å²) in [6.45, 7) is 7.77. The van der Waals surface area contributed by atoms with Crippen LogP contribution in [-0.2, 0) is 0 Å². The molecule has 1 fully saturated rings. The number of carbonyl (C=O) groups excluding carboxylic acids is 1. The topological polar surface area (TPSA) is 70.6 Å². The molecule has 7 nitrogen and oxygen atoms in total. The summed E-state index contributed by atoms with van der Waals surface area (Å²) in [4.78, 5) is 26.0. The molecular formula is C25H29N5O2. The Morgan fingerprint density at radius 3 is 2.09 bits per heavy atom. The van der Waals surface area contributed by atoms with Gasteiger partial charge in [-0.05, 0) is 55.8 Å². The Hall–Kier alpha value is -3.45. The molecule has 32 heavy (non-hydrogen) atoms. The first-order valence-corrected chi connectivity index (χ1v) is 10.9. The Labute approximate surface area is 189 Å². The van der Waals surface area contributed by atoms with Gasteiger partial charge >= 0.3 is 0 Å². The van der Waals surface area contributed by atoms with Crippen LogP contribution >= 0.6 is 0 Å². The molecule has 1 amide bonds. The zero-order valence-corrected chi connectivity index (χ0v) is 18.8. The molecule has 0 spiro atoms. The van der Waals surface area contributed by atoms with Crippen LogP contribution < -0.4 is 10.1 Å². The molecule has 0 radical (unpaired) electrons. The monoisotopic (exact) mass is 431 g/mol. The van der Waals surface area contributed by atoms with Crippen molar-refractivity contribution in [2.75, 3.05) is 38.6 Å². The van der Waals surface area contributed by atoms with Gasteiger partial charge in [0.15, 0.2) is 0 Å². The second-order valence-electron chi connectivity index (χ2n) is 8.15. The maximum atomic E-state index is 12.8. The fraction of sp³-hybridized carbons (Fsp3) is 0.320. The highest BCUT2D eigenvalue weighted by atomic mass is 16.5. The third kappa shape index (κ3) is 5.06. The lowest BCUT2D eigenvalue weighted by Gasteiger charge is -2.37. The van der Waals surface area contributed by atoms with Crippen LogP contribution in [-0.4, -0.2) is 65.0 Å². The van der Waals surface area contributed by atoms with Gasteiger partial charge in [-0.25, -0.2) is 9.97 Å². The number of hydrogen-bond donors (Lipinski definition) is 1. The van der Waals surface area contributed by atoms with E-state index in [-0.39, 0.29) is 5.91 Å². The van der Waals surface area contributed by atoms with Crippen molar-refractivity contribution in [3.8, 4) is 16.9 Å². The Balaban J connectivity index is 1.35. The van der Waals surface area contributed by atoms with E-state index in [4.69, 9.17) is 4.74 Å². The average Bonchev–Trinajstić information content (AvgIpc) is 2.85. The van der Waals surface area contributed by atoms with Gasteiger partial charge in [0.2, 0.25) is 5.95 Å². The Bertz CT molecular complexity index is 1030. The van der Waals surface area contributed by atoms with Crippen LogP contribution in [0.2, 0.25) is 0 Å². The van der Waals surface area contributed by atoms with Gasteiger partial charge in [-0.3, -0.25) is 9.69 Å². The van der Waals surface area contributed by atoms with E-state index in [0.29, 0.717) is 17.6 Å². The van der Waals surface area contributed by atoms with E-state index in [2.05, 4.69) is 34.0 Å². The molecular weight excluding hydrogens is 402 g/mol. The molecule has 7 heteroatoms. The zero-order chi connectivity index (χ0) is 22.5. The van der Waals surface area contributed by atoms with E-state index in [1.54, 1.807) is 19.5 Å². The van der Waals surface area contributed by atoms with Crippen molar-refractivity contribution < 1.29 is 9.53 Å². The number of nitrogens with one attached hydrogen (secondary N) is 1. The van der Waals surface area contributed by atoms with Crippen LogP contribution in [0.15, 0.2) is 60.9 Å². The first kappa shape index (κ1) is 21.8. The van der Waals surface area contributed by atoms with Crippen molar-refractivity contribution in [3.63, 3.8) is 0 Å². The van der Waals surface area contributed by atoms with E-state index in [9.17, 15) is 4.79 Å². The van der Waals surface area contributed by atoms with Gasteiger partial charge in [0.05, 0.1) is 7.11 Å². The lowest BCUT2D eigenvalue weighted by Crippen LogP contribution is -2.50. The SMILES string of the molecule is COc1ccc(-c2cnc(Nc3ccc(C(=O)N4CCN(C(C)C)CC4)cc3)nc2)cc1. The Kier molecular flexibility index (Phi) is 6.66. The molecule has 1 aliphatic rings. The highest BCUT2D eigenvalue weighted by Crippen LogP contribution is 2.22. The van der Waals surface area contributed by atoms with E-state index < -0.39 is 0 Å². The Morgan fingerprint density at radius 1 is 0.906 bits per heavy atom. The van der Waals surface area contributed by atoms with Gasteiger partial charge in [-0.2, -0.15) is 0 Å². The number of carbonyl (C=O) groups is 1. The summed E-state index contributed by atoms with van der Waals surface area (Å²) in [5, 5.41) is 3.19. The van der Waals surface area contributed by atoms with Crippen LogP contribution in [0, 0.1) is 0 Å². The first-order valence-electron chi connectivity index (χ1n) is 10.9. The number of methoxy groups -OCH3 is 1. The summed E-state index contributed by atoms with van der Waals surface area (Å²) < 4.78 is 5.19. The molecule has 0 aliphatic carbocycles. The lowest BCUT2D eigenvalue weighted by atomic mass is 10.1. The smallest absolute Gasteiger partial charge is 0.253 e. The molecule has 1 N–H and O–H groups in total. The largest absolute Gasteiger partial charge is 0.497 e. The molecule has 166 valence electrons. The van der Waals surface area contributed by atoms with Gasteiger partial charge in [0, 0.05) is 61.4 Å². The third-order valence-corrected chi connectivity index (χ3v) is 5.79. The number of hydrogen-bond acceptors (Lipinski definition) is 6. The van der Waals surface area contributed by atoms with E-state index >= 15 is 0 Å². The number of amides is 1. The predicted octanol–water partition coefficient (Wildman–Crippen LogP) is 4.06. The van der Waals surface area contributed by atoms with Crippen LogP contribution in [0.5, 0.6) is 5.75 Å². The van der Waals surface area contributed by atoms with Gasteiger partial charge in [0.1, 0.15) is 5.75 Å². The molecule has 4 rings (SSSR count). The van der Waals surface area contributed by atoms with Gasteiger partial charge in [-0.15, -0.1) is 0 Å². The highest BCUT2D eigenvalue weighted by molar-refractivity contribution is 5.94. The van der Waals surface area contributed by atoms with E-state index in [0.717, 1.165) is 48.7 Å². The van der Waals surface area contributed by atoms with Crippen molar-refractivity contribution in [2.24, 2.45) is 0 Å². The molecule has 2 aromatic carbocycles. The van der Waals surface area contributed by atoms with E-state index in [1.807, 2.05) is 53.4 Å². The van der Waals surface area contributed by atoms with Crippen molar-refractivity contribution in [1.82, 2.24) is 19.8 Å². The summed E-state index contributed by atoms with van der Waals surface area (Å²) in [6.07, 6.45) is 3.57. The van der Waals surface area contributed by atoms with Crippen molar-refractivity contribution in [2.45, 2.75) is 19.9 Å². The molecule has 0 saturated carbocycles. The minimum absolute atomic E-state index is 0.0834. The van der Waals surface area contributed by atoms with Crippen molar-refractivity contribution in [1.29, 1.82) is 0 Å². The third-order valence-electron chi connectivity index (χ3n) is 5.79. The molecule has 1 saturated heterocycles. The summed E-state index contributed by atoms with van der Waals surface area (Å²) in [5.41, 5.74) is 3.49. The summed E-state index contributed by atoms with van der Waals surface area (Å²) in [7, 11) is 1.65. The minimum atomic E-state index is 0.0834. The second-order valence-corrected chi connectivity index (χ2v) is 8.15. The molecule has 3 aromatic rings. The Morgan fingerprint density at radius 2 is 1.53 bits per heavy atom. The normalized spacial score (nSPS) is 14.4. The van der Waals surface area contributed by atoms with Gasteiger partial charge < -0.3 is 15.0 Å². The number of benzene rings is 2. The number of ether oxygens (including phenoxy) is 1. The summed E-state index contributed by atoms with van der Waals surface area (Å²) in [6, 6.07) is 15.8. The number of rotatable bonds is 6. The minimum Gasteiger partial charge on any atom is -0.497 e. The average molecular weight is 432 g/mol. The molecule has 1 aliphatic heterocycles. The molecule has 0 unspecified atom stereocenters. The maximum absolute atomic E-state index is 12.8. The number of nitrogens with zero attached hydrogens (tertiary/aromatic N) is 4. The van der Waals surface area contributed by atoms with E-state index in [1.165, 1.54) is 0 Å². The van der Waals surface area contributed by atoms with Gasteiger partial charge in [0.25, 0.3) is 5.91 Å². The number of piperazine rings is 1. The molecule has 1 aromatic heterocycles. The van der Waals surface area contributed by atoms with Crippen molar-refractivity contribution >= 4 is 17.5 Å². The zero-order valence-electron chi connectivity index (χ0n) is 18.8. The fourth-order valence-electron chi connectivity index (χ4n) is 3.77. The number of aromatic nitrogens is 2. The fourth-order valence-corrected chi connectivity index (χ4v) is 3.77. The number of anilines is 2. The maximum Gasteiger partial charge on any atom is 0.253 e. The first-order chi connectivity index (χ1) is 15.5. The highest BCUT2D eigenvalue weighted by Gasteiger charge is 2.23. The van der Waals surface area contributed by atoms with Crippen LogP contribution in [0.4, 0.5) is 11.6 Å². The van der Waals surface area contributed by atoms with Crippen molar-refractivity contribution in [3.05, 3.63) is 66.5 Å².